The minimum Gasteiger partial charge on any atom is -0.380 e. The molecule has 0 unspecified atom stereocenters. The van der Waals surface area contributed by atoms with Crippen LogP contribution in [0.2, 0.25) is 5.02 Å². The molecule has 1 aliphatic rings. The van der Waals surface area contributed by atoms with Gasteiger partial charge in [-0.2, -0.15) is 9.78 Å². The number of piperazine rings is 1. The highest BCUT2D eigenvalue weighted by atomic mass is 35.5. The van der Waals surface area contributed by atoms with Crippen LogP contribution in [-0.2, 0) is 11.3 Å². The molecule has 1 fully saturated rings. The lowest BCUT2D eigenvalue weighted by atomic mass is 10.1. The minimum atomic E-state index is -0.364. The van der Waals surface area contributed by atoms with Gasteiger partial charge in [-0.3, -0.25) is 9.59 Å². The van der Waals surface area contributed by atoms with Crippen molar-refractivity contribution < 1.29 is 9.53 Å². The molecule has 0 spiro atoms. The molecular weight excluding hydrogens is 416 g/mol. The second kappa shape index (κ2) is 9.32. The average molecular weight is 439 g/mol. The molecule has 2 heterocycles. The van der Waals surface area contributed by atoms with Gasteiger partial charge in [-0.25, -0.2) is 0 Å². The zero-order valence-corrected chi connectivity index (χ0v) is 18.0. The molecule has 160 valence electrons. The molecule has 0 saturated carbocycles. The number of benzene rings is 2. The van der Waals surface area contributed by atoms with Crippen molar-refractivity contribution >= 4 is 23.2 Å². The highest BCUT2D eigenvalue weighted by Gasteiger charge is 2.26. The monoisotopic (exact) mass is 438 g/mol. The minimum absolute atomic E-state index is 0.0176. The van der Waals surface area contributed by atoms with E-state index in [4.69, 9.17) is 16.3 Å². The van der Waals surface area contributed by atoms with Crippen LogP contribution >= 0.6 is 11.6 Å². The molecule has 0 bridgehead atoms. The van der Waals surface area contributed by atoms with Crippen molar-refractivity contribution in [3.8, 4) is 5.69 Å². The molecule has 0 N–H and O–H groups in total. The molecule has 7 nitrogen and oxygen atoms in total. The van der Waals surface area contributed by atoms with Gasteiger partial charge in [-0.15, -0.1) is 0 Å². The van der Waals surface area contributed by atoms with E-state index in [1.165, 1.54) is 4.68 Å². The Morgan fingerprint density at radius 2 is 1.71 bits per heavy atom. The van der Waals surface area contributed by atoms with Crippen LogP contribution in [-0.4, -0.2) is 53.9 Å². The summed E-state index contributed by atoms with van der Waals surface area (Å²) in [5.41, 5.74) is 2.41. The van der Waals surface area contributed by atoms with E-state index in [0.717, 1.165) is 5.56 Å². The summed E-state index contributed by atoms with van der Waals surface area (Å²) in [7, 11) is 1.61. The van der Waals surface area contributed by atoms with Crippen molar-refractivity contribution in [3.63, 3.8) is 0 Å². The number of halogens is 1. The summed E-state index contributed by atoms with van der Waals surface area (Å²) in [5.74, 6) is -0.0176. The fourth-order valence-corrected chi connectivity index (χ4v) is 3.98. The third-order valence-electron chi connectivity index (χ3n) is 5.36. The van der Waals surface area contributed by atoms with E-state index in [0.29, 0.717) is 49.7 Å². The number of hydrogen-bond donors (Lipinski definition) is 0. The number of rotatable bonds is 5. The van der Waals surface area contributed by atoms with Gasteiger partial charge < -0.3 is 14.5 Å². The number of amides is 1. The van der Waals surface area contributed by atoms with Gasteiger partial charge in [-0.1, -0.05) is 48.0 Å². The van der Waals surface area contributed by atoms with E-state index < -0.39 is 0 Å². The van der Waals surface area contributed by atoms with Crippen molar-refractivity contribution in [1.29, 1.82) is 0 Å². The lowest BCUT2D eigenvalue weighted by Gasteiger charge is -2.36. The van der Waals surface area contributed by atoms with E-state index in [1.807, 2.05) is 52.3 Å². The normalized spacial score (nSPS) is 14.0. The maximum Gasteiger partial charge on any atom is 0.292 e. The van der Waals surface area contributed by atoms with Crippen LogP contribution in [0.3, 0.4) is 0 Å². The number of carbonyl (C=O) groups is 1. The molecular formula is C23H23ClN4O3. The number of para-hydroxylation sites is 1. The number of ether oxygens (including phenoxy) is 1. The van der Waals surface area contributed by atoms with E-state index >= 15 is 0 Å². The molecule has 1 aromatic heterocycles. The molecule has 3 aromatic rings. The van der Waals surface area contributed by atoms with E-state index in [9.17, 15) is 9.59 Å². The molecule has 8 heteroatoms. The van der Waals surface area contributed by atoms with Crippen LogP contribution in [0.4, 0.5) is 5.69 Å². The highest BCUT2D eigenvalue weighted by Crippen LogP contribution is 2.24. The van der Waals surface area contributed by atoms with Crippen molar-refractivity contribution in [3.05, 3.63) is 87.3 Å². The smallest absolute Gasteiger partial charge is 0.292 e. The Balaban J connectivity index is 1.49. The lowest BCUT2D eigenvalue weighted by Crippen LogP contribution is -2.49. The topological polar surface area (TPSA) is 67.7 Å². The summed E-state index contributed by atoms with van der Waals surface area (Å²) in [6.07, 6.45) is 1.61. The SMILES string of the molecule is COCc1ccccc1C(=O)N1CCN(c2cnn(-c3ccccc3)c(=O)c2Cl)CC1. The quantitative estimate of drug-likeness (QED) is 0.612. The van der Waals surface area contributed by atoms with Crippen LogP contribution in [0.1, 0.15) is 15.9 Å². The molecule has 0 aliphatic carbocycles. The summed E-state index contributed by atoms with van der Waals surface area (Å²) < 4.78 is 6.50. The van der Waals surface area contributed by atoms with E-state index in [1.54, 1.807) is 25.4 Å². The number of carbonyl (C=O) groups excluding carboxylic acids is 1. The number of nitrogens with zero attached hydrogens (tertiary/aromatic N) is 4. The zero-order chi connectivity index (χ0) is 21.8. The van der Waals surface area contributed by atoms with Crippen molar-refractivity contribution in [1.82, 2.24) is 14.7 Å². The molecule has 1 saturated heterocycles. The Labute approximate surface area is 185 Å². The van der Waals surface area contributed by atoms with Crippen LogP contribution in [0.15, 0.2) is 65.6 Å². The first-order valence-corrected chi connectivity index (χ1v) is 10.4. The molecule has 0 atom stereocenters. The molecule has 1 aliphatic heterocycles. The Bertz CT molecular complexity index is 1130. The van der Waals surface area contributed by atoms with Gasteiger partial charge in [0.1, 0.15) is 5.02 Å². The van der Waals surface area contributed by atoms with Gasteiger partial charge in [0, 0.05) is 38.9 Å². The van der Waals surface area contributed by atoms with Gasteiger partial charge >= 0.3 is 0 Å². The summed E-state index contributed by atoms with van der Waals surface area (Å²) in [4.78, 5) is 29.6. The third kappa shape index (κ3) is 4.33. The average Bonchev–Trinajstić information content (AvgIpc) is 2.82. The summed E-state index contributed by atoms with van der Waals surface area (Å²) in [5, 5.41) is 4.43. The first-order chi connectivity index (χ1) is 15.1. The highest BCUT2D eigenvalue weighted by molar-refractivity contribution is 6.33. The summed E-state index contributed by atoms with van der Waals surface area (Å²) in [6.45, 7) is 2.57. The van der Waals surface area contributed by atoms with Crippen LogP contribution in [0.5, 0.6) is 0 Å². The van der Waals surface area contributed by atoms with Crippen molar-refractivity contribution in [2.45, 2.75) is 6.61 Å². The van der Waals surface area contributed by atoms with Crippen molar-refractivity contribution in [2.75, 3.05) is 38.2 Å². The van der Waals surface area contributed by atoms with E-state index in [2.05, 4.69) is 5.10 Å². The number of anilines is 1. The van der Waals surface area contributed by atoms with Crippen LogP contribution < -0.4 is 10.5 Å². The Morgan fingerprint density at radius 1 is 1.03 bits per heavy atom. The summed E-state index contributed by atoms with van der Waals surface area (Å²) >= 11 is 6.42. The van der Waals surface area contributed by atoms with Crippen molar-refractivity contribution in [2.24, 2.45) is 0 Å². The maximum atomic E-state index is 13.0. The van der Waals surface area contributed by atoms with Crippen LogP contribution in [0.25, 0.3) is 5.69 Å². The van der Waals surface area contributed by atoms with Gasteiger partial charge in [0.05, 0.1) is 24.2 Å². The van der Waals surface area contributed by atoms with Gasteiger partial charge in [0.2, 0.25) is 0 Å². The fourth-order valence-electron chi connectivity index (χ4n) is 3.73. The predicted octanol–water partition coefficient (Wildman–Crippen LogP) is 2.99. The largest absolute Gasteiger partial charge is 0.380 e. The number of methoxy groups -OCH3 is 1. The maximum absolute atomic E-state index is 13.0. The second-order valence-electron chi connectivity index (χ2n) is 7.27. The second-order valence-corrected chi connectivity index (χ2v) is 7.64. The third-order valence-corrected chi connectivity index (χ3v) is 5.71. The standard InChI is InChI=1S/C23H23ClN4O3/c1-31-16-17-7-5-6-10-19(17)22(29)27-13-11-26(12-14-27)20-15-25-28(23(30)21(20)24)18-8-3-2-4-9-18/h2-10,15H,11-14,16H2,1H3. The van der Waals surface area contributed by atoms with Gasteiger partial charge in [-0.05, 0) is 23.8 Å². The Hall–Kier alpha value is -3.16. The molecule has 1 amide bonds. The summed E-state index contributed by atoms with van der Waals surface area (Å²) in [6, 6.07) is 16.6. The first-order valence-electron chi connectivity index (χ1n) is 10.0. The lowest BCUT2D eigenvalue weighted by molar-refractivity contribution is 0.0742. The Morgan fingerprint density at radius 3 is 2.42 bits per heavy atom. The number of hydrogen-bond acceptors (Lipinski definition) is 5. The molecule has 0 radical (unpaired) electrons. The van der Waals surface area contributed by atoms with Gasteiger partial charge in [0.15, 0.2) is 0 Å². The molecule has 2 aromatic carbocycles. The first kappa shape index (κ1) is 21.1. The predicted molar refractivity (Wildman–Crippen MR) is 120 cm³/mol. The molecule has 31 heavy (non-hydrogen) atoms. The van der Waals surface area contributed by atoms with E-state index in [-0.39, 0.29) is 16.5 Å². The van der Waals surface area contributed by atoms with Gasteiger partial charge in [0.25, 0.3) is 11.5 Å². The number of aromatic nitrogens is 2. The molecule has 4 rings (SSSR count). The fraction of sp³-hybridized carbons (Fsp3) is 0.261. The Kier molecular flexibility index (Phi) is 6.34. The van der Waals surface area contributed by atoms with Crippen LogP contribution in [0, 0.1) is 0 Å². The zero-order valence-electron chi connectivity index (χ0n) is 17.2.